The second kappa shape index (κ2) is 5.05. The number of carbonyl (C=O) groups excluding carboxylic acids is 1. The number of pyridine rings is 1. The molecule has 0 unspecified atom stereocenters. The Kier molecular flexibility index (Phi) is 3.73. The molecule has 5 heteroatoms. The summed E-state index contributed by atoms with van der Waals surface area (Å²) in [7, 11) is 1.70. The lowest BCUT2D eigenvalue weighted by atomic mass is 10.0. The number of aryl methyl sites for hydroxylation is 2. The highest BCUT2D eigenvalue weighted by Crippen LogP contribution is 2.28. The van der Waals surface area contributed by atoms with Crippen molar-refractivity contribution >= 4 is 27.3 Å². The predicted octanol–water partition coefficient (Wildman–Crippen LogP) is 2.83. The van der Waals surface area contributed by atoms with Gasteiger partial charge in [0, 0.05) is 28.4 Å². The van der Waals surface area contributed by atoms with Gasteiger partial charge in [0.25, 0.3) is 11.5 Å². The summed E-state index contributed by atoms with van der Waals surface area (Å²) in [6.07, 6.45) is 2.57. The molecule has 4 nitrogen and oxygen atoms in total. The number of nitrogens with one attached hydrogen (secondary N) is 1. The minimum atomic E-state index is -0.280. The van der Waals surface area contributed by atoms with Gasteiger partial charge in [-0.25, -0.2) is 0 Å². The maximum atomic E-state index is 12.5. The maximum absolute atomic E-state index is 12.5. The molecule has 0 aliphatic rings. The predicted molar refractivity (Wildman–Crippen MR) is 83.6 cm³/mol. The van der Waals surface area contributed by atoms with Gasteiger partial charge in [0.1, 0.15) is 0 Å². The third-order valence-corrected chi connectivity index (χ3v) is 4.73. The SMILES string of the molecule is CCC(C)(C)NC(=O)c1c(C)sc2ccn(C)c(=O)c12. The van der Waals surface area contributed by atoms with Crippen LogP contribution in [-0.4, -0.2) is 16.0 Å². The van der Waals surface area contributed by atoms with Gasteiger partial charge in [0.2, 0.25) is 0 Å². The van der Waals surface area contributed by atoms with Crippen LogP contribution in [0.5, 0.6) is 0 Å². The lowest BCUT2D eigenvalue weighted by molar-refractivity contribution is 0.0913. The number of hydrogen-bond acceptors (Lipinski definition) is 3. The van der Waals surface area contributed by atoms with Crippen LogP contribution in [0.2, 0.25) is 0 Å². The third kappa shape index (κ3) is 2.50. The molecule has 0 aliphatic heterocycles. The van der Waals surface area contributed by atoms with Crippen LogP contribution in [-0.2, 0) is 7.05 Å². The Bertz CT molecular complexity index is 725. The summed E-state index contributed by atoms with van der Waals surface area (Å²) in [5, 5.41) is 3.54. The van der Waals surface area contributed by atoms with E-state index in [1.807, 2.05) is 33.8 Å². The van der Waals surface area contributed by atoms with Crippen LogP contribution < -0.4 is 10.9 Å². The topological polar surface area (TPSA) is 51.1 Å². The summed E-state index contributed by atoms with van der Waals surface area (Å²) in [6, 6.07) is 1.89. The molecule has 2 heterocycles. The Labute approximate surface area is 122 Å². The summed E-state index contributed by atoms with van der Waals surface area (Å²) in [5.41, 5.74) is 0.122. The maximum Gasteiger partial charge on any atom is 0.259 e. The van der Waals surface area contributed by atoms with E-state index in [2.05, 4.69) is 5.32 Å². The Hall–Kier alpha value is -1.62. The smallest absolute Gasteiger partial charge is 0.259 e. The highest BCUT2D eigenvalue weighted by molar-refractivity contribution is 7.19. The lowest BCUT2D eigenvalue weighted by Crippen LogP contribution is -2.43. The standard InChI is InChI=1S/C15H20N2O2S/c1-6-15(3,4)16-13(18)11-9(2)20-10-7-8-17(5)14(19)12(10)11/h7-8H,6H2,1-5H3,(H,16,18). The molecule has 1 N–H and O–H groups in total. The minimum Gasteiger partial charge on any atom is -0.347 e. The zero-order valence-corrected chi connectivity index (χ0v) is 13.4. The second-order valence-electron chi connectivity index (χ2n) is 5.70. The molecule has 2 aromatic heterocycles. The van der Waals surface area contributed by atoms with Gasteiger partial charge >= 0.3 is 0 Å². The minimum absolute atomic E-state index is 0.119. The molecule has 2 aromatic rings. The van der Waals surface area contributed by atoms with E-state index in [1.54, 1.807) is 13.2 Å². The van der Waals surface area contributed by atoms with Crippen LogP contribution >= 0.6 is 11.3 Å². The summed E-state index contributed by atoms with van der Waals surface area (Å²) in [6.45, 7) is 7.87. The van der Waals surface area contributed by atoms with E-state index in [-0.39, 0.29) is 17.0 Å². The zero-order chi connectivity index (χ0) is 15.1. The molecule has 0 spiro atoms. The summed E-state index contributed by atoms with van der Waals surface area (Å²) in [5.74, 6) is -0.163. The average molecular weight is 292 g/mol. The van der Waals surface area contributed by atoms with Crippen molar-refractivity contribution in [2.45, 2.75) is 39.7 Å². The fraction of sp³-hybridized carbons (Fsp3) is 0.467. The van der Waals surface area contributed by atoms with E-state index in [1.165, 1.54) is 15.9 Å². The number of thiophene rings is 1. The van der Waals surface area contributed by atoms with Crippen molar-refractivity contribution in [3.63, 3.8) is 0 Å². The van der Waals surface area contributed by atoms with Gasteiger partial charge < -0.3 is 9.88 Å². The van der Waals surface area contributed by atoms with Gasteiger partial charge in [-0.1, -0.05) is 6.92 Å². The molecular formula is C15H20N2O2S. The Balaban J connectivity index is 2.60. The first kappa shape index (κ1) is 14.8. The summed E-state index contributed by atoms with van der Waals surface area (Å²) >= 11 is 1.49. The van der Waals surface area contributed by atoms with E-state index in [4.69, 9.17) is 0 Å². The molecule has 2 rings (SSSR count). The lowest BCUT2D eigenvalue weighted by Gasteiger charge is -2.24. The highest BCUT2D eigenvalue weighted by Gasteiger charge is 2.24. The van der Waals surface area contributed by atoms with Gasteiger partial charge in [-0.15, -0.1) is 11.3 Å². The van der Waals surface area contributed by atoms with Crippen molar-refractivity contribution in [1.82, 2.24) is 9.88 Å². The van der Waals surface area contributed by atoms with Crippen LogP contribution in [0.3, 0.4) is 0 Å². The Morgan fingerprint density at radius 2 is 2.10 bits per heavy atom. The second-order valence-corrected chi connectivity index (χ2v) is 6.95. The van der Waals surface area contributed by atoms with Gasteiger partial charge in [-0.3, -0.25) is 9.59 Å². The summed E-state index contributed by atoms with van der Waals surface area (Å²) in [4.78, 5) is 25.7. The van der Waals surface area contributed by atoms with Gasteiger partial charge in [-0.05, 0) is 33.3 Å². The molecule has 0 aliphatic carbocycles. The van der Waals surface area contributed by atoms with E-state index in [9.17, 15) is 9.59 Å². The summed E-state index contributed by atoms with van der Waals surface area (Å²) < 4.78 is 2.38. The molecular weight excluding hydrogens is 272 g/mol. The molecule has 20 heavy (non-hydrogen) atoms. The van der Waals surface area contributed by atoms with Crippen molar-refractivity contribution in [1.29, 1.82) is 0 Å². The fourth-order valence-corrected chi connectivity index (χ4v) is 3.10. The first-order chi connectivity index (χ1) is 9.26. The van der Waals surface area contributed by atoms with E-state index < -0.39 is 0 Å². The molecule has 0 atom stereocenters. The molecule has 0 saturated heterocycles. The van der Waals surface area contributed by atoms with Crippen molar-refractivity contribution in [3.8, 4) is 0 Å². The number of hydrogen-bond donors (Lipinski definition) is 1. The van der Waals surface area contributed by atoms with Crippen LogP contribution in [0.25, 0.3) is 10.1 Å². The van der Waals surface area contributed by atoms with Crippen molar-refractivity contribution < 1.29 is 4.79 Å². The molecule has 0 aromatic carbocycles. The number of carbonyl (C=O) groups is 1. The molecule has 0 radical (unpaired) electrons. The largest absolute Gasteiger partial charge is 0.347 e. The Morgan fingerprint density at radius 3 is 2.70 bits per heavy atom. The average Bonchev–Trinajstić information content (AvgIpc) is 2.71. The first-order valence-corrected chi connectivity index (χ1v) is 7.49. The van der Waals surface area contributed by atoms with Crippen LogP contribution in [0.4, 0.5) is 0 Å². The zero-order valence-electron chi connectivity index (χ0n) is 12.5. The third-order valence-electron chi connectivity index (χ3n) is 3.66. The Morgan fingerprint density at radius 1 is 1.45 bits per heavy atom. The van der Waals surface area contributed by atoms with Crippen LogP contribution in [0.15, 0.2) is 17.1 Å². The highest BCUT2D eigenvalue weighted by atomic mass is 32.1. The number of rotatable bonds is 3. The van der Waals surface area contributed by atoms with Crippen LogP contribution in [0.1, 0.15) is 42.4 Å². The quantitative estimate of drug-likeness (QED) is 0.945. The molecule has 0 saturated carbocycles. The van der Waals surface area contributed by atoms with Gasteiger partial charge in [0.05, 0.1) is 10.9 Å². The van der Waals surface area contributed by atoms with E-state index in [0.717, 1.165) is 16.0 Å². The van der Waals surface area contributed by atoms with Crippen LogP contribution in [0, 0.1) is 6.92 Å². The fourth-order valence-electron chi connectivity index (χ4n) is 2.05. The molecule has 108 valence electrons. The normalized spacial score (nSPS) is 11.8. The van der Waals surface area contributed by atoms with Crippen molar-refractivity contribution in [2.24, 2.45) is 7.05 Å². The van der Waals surface area contributed by atoms with Crippen molar-refractivity contribution in [3.05, 3.63) is 33.1 Å². The van der Waals surface area contributed by atoms with E-state index in [0.29, 0.717) is 10.9 Å². The number of aromatic nitrogens is 1. The number of amides is 1. The monoisotopic (exact) mass is 292 g/mol. The first-order valence-electron chi connectivity index (χ1n) is 6.68. The molecule has 0 fully saturated rings. The number of fused-ring (bicyclic) bond motifs is 1. The van der Waals surface area contributed by atoms with Gasteiger partial charge in [-0.2, -0.15) is 0 Å². The molecule has 1 amide bonds. The van der Waals surface area contributed by atoms with E-state index >= 15 is 0 Å². The van der Waals surface area contributed by atoms with Crippen molar-refractivity contribution in [2.75, 3.05) is 0 Å². The molecule has 0 bridgehead atoms. The number of nitrogens with zero attached hydrogens (tertiary/aromatic N) is 1. The van der Waals surface area contributed by atoms with Gasteiger partial charge in [0.15, 0.2) is 0 Å².